The van der Waals surface area contributed by atoms with E-state index >= 15 is 0 Å². The van der Waals surface area contributed by atoms with Crippen molar-refractivity contribution < 1.29 is 0 Å². The lowest BCUT2D eigenvalue weighted by Gasteiger charge is -2.34. The van der Waals surface area contributed by atoms with Gasteiger partial charge in [0.05, 0.1) is 0 Å². The van der Waals surface area contributed by atoms with Gasteiger partial charge in [0.25, 0.3) is 0 Å². The Bertz CT molecular complexity index is 325. The summed E-state index contributed by atoms with van der Waals surface area (Å²) in [6.45, 7) is 4.88. The molecule has 3 rings (SSSR count). The maximum absolute atomic E-state index is 3.59. The van der Waals surface area contributed by atoms with E-state index in [9.17, 15) is 0 Å². The Kier molecular flexibility index (Phi) is 2.28. The van der Waals surface area contributed by atoms with Gasteiger partial charge in [-0.3, -0.25) is 0 Å². The quantitative estimate of drug-likeness (QED) is 0.679. The molecule has 1 N–H and O–H groups in total. The molecule has 1 saturated heterocycles. The van der Waals surface area contributed by atoms with Crippen LogP contribution in [0.2, 0.25) is 0 Å². The molecule has 1 aromatic carbocycles. The van der Waals surface area contributed by atoms with Gasteiger partial charge in [0, 0.05) is 0 Å². The molecule has 2 atom stereocenters. The summed E-state index contributed by atoms with van der Waals surface area (Å²) in [7, 11) is 0. The second kappa shape index (κ2) is 3.64. The van der Waals surface area contributed by atoms with Crippen LogP contribution in [0.3, 0.4) is 0 Å². The van der Waals surface area contributed by atoms with Gasteiger partial charge in [-0.25, -0.2) is 0 Å². The number of hydrogen-bond donors (Lipinski definition) is 1. The molecule has 0 radical (unpaired) electrons. The highest BCUT2D eigenvalue weighted by Gasteiger charge is 2.33. The van der Waals surface area contributed by atoms with Crippen LogP contribution in [0, 0.1) is 17.8 Å². The molecule has 1 heteroatoms. The van der Waals surface area contributed by atoms with Gasteiger partial charge < -0.3 is 5.32 Å². The Labute approximate surface area is 91.9 Å². The zero-order valence-corrected chi connectivity index (χ0v) is 9.37. The van der Waals surface area contributed by atoms with Crippen LogP contribution in [0.25, 0.3) is 0 Å². The third-order valence-corrected chi connectivity index (χ3v) is 4.38. The van der Waals surface area contributed by atoms with Gasteiger partial charge in [-0.05, 0) is 54.8 Å². The third-order valence-electron chi connectivity index (χ3n) is 4.38. The van der Waals surface area contributed by atoms with Crippen molar-refractivity contribution in [2.24, 2.45) is 17.8 Å². The second-order valence-corrected chi connectivity index (χ2v) is 5.21. The van der Waals surface area contributed by atoms with E-state index in [1.165, 1.54) is 25.9 Å². The van der Waals surface area contributed by atoms with Gasteiger partial charge >= 0.3 is 0 Å². The third kappa shape index (κ3) is 1.59. The maximum Gasteiger partial charge on any atom is -0.00146 e. The van der Waals surface area contributed by atoms with E-state index in [0.717, 1.165) is 17.8 Å². The zero-order valence-electron chi connectivity index (χ0n) is 9.37. The van der Waals surface area contributed by atoms with Crippen LogP contribution in [-0.4, -0.2) is 13.1 Å². The summed E-state index contributed by atoms with van der Waals surface area (Å²) >= 11 is 0. The van der Waals surface area contributed by atoms with Crippen LogP contribution in [-0.2, 0) is 12.8 Å². The molecule has 0 spiro atoms. The van der Waals surface area contributed by atoms with Crippen molar-refractivity contribution in [1.29, 1.82) is 0 Å². The minimum atomic E-state index is 0.854. The topological polar surface area (TPSA) is 12.0 Å². The summed E-state index contributed by atoms with van der Waals surface area (Å²) in [4.78, 5) is 0. The molecule has 1 heterocycles. The van der Waals surface area contributed by atoms with Gasteiger partial charge in [-0.15, -0.1) is 0 Å². The van der Waals surface area contributed by atoms with Crippen LogP contribution in [0.1, 0.15) is 18.1 Å². The highest BCUT2D eigenvalue weighted by atomic mass is 14.9. The Morgan fingerprint density at radius 1 is 1.00 bits per heavy atom. The van der Waals surface area contributed by atoms with Crippen LogP contribution < -0.4 is 5.32 Å². The van der Waals surface area contributed by atoms with E-state index in [1.807, 2.05) is 0 Å². The van der Waals surface area contributed by atoms with E-state index in [0.29, 0.717) is 0 Å². The number of piperidine rings is 1. The lowest BCUT2D eigenvalue weighted by molar-refractivity contribution is 0.193. The first kappa shape index (κ1) is 9.41. The number of hydrogen-bond acceptors (Lipinski definition) is 1. The second-order valence-electron chi connectivity index (χ2n) is 5.21. The lowest BCUT2D eigenvalue weighted by atomic mass is 9.78. The first-order valence-electron chi connectivity index (χ1n) is 6.12. The molecule has 1 aliphatic heterocycles. The van der Waals surface area contributed by atoms with Crippen molar-refractivity contribution in [3.8, 4) is 0 Å². The Morgan fingerprint density at radius 2 is 1.53 bits per heavy atom. The van der Waals surface area contributed by atoms with Crippen LogP contribution in [0.5, 0.6) is 0 Å². The van der Waals surface area contributed by atoms with E-state index in [1.54, 1.807) is 11.1 Å². The minimum absolute atomic E-state index is 0.854. The molecule has 2 aliphatic rings. The first-order valence-corrected chi connectivity index (χ1v) is 6.12. The van der Waals surface area contributed by atoms with E-state index in [4.69, 9.17) is 0 Å². The molecule has 1 aromatic rings. The molecule has 0 saturated carbocycles. The highest BCUT2D eigenvalue weighted by molar-refractivity contribution is 5.30. The predicted octanol–water partition coefficient (Wildman–Crippen LogP) is 2.26. The summed E-state index contributed by atoms with van der Waals surface area (Å²) < 4.78 is 0. The van der Waals surface area contributed by atoms with Crippen LogP contribution >= 0.6 is 0 Å². The summed E-state index contributed by atoms with van der Waals surface area (Å²) in [5, 5.41) is 3.59. The normalized spacial score (nSPS) is 34.3. The van der Waals surface area contributed by atoms with Gasteiger partial charge in [0.2, 0.25) is 0 Å². The SMILES string of the molecule is CC1C2CNCC1Cc1ccccc1C2. The van der Waals surface area contributed by atoms with Crippen molar-refractivity contribution in [3.05, 3.63) is 35.4 Å². The van der Waals surface area contributed by atoms with Crippen molar-refractivity contribution in [1.82, 2.24) is 5.32 Å². The van der Waals surface area contributed by atoms with Gasteiger partial charge in [-0.1, -0.05) is 31.2 Å². The average Bonchev–Trinajstić information content (AvgIpc) is 2.34. The summed E-state index contributed by atoms with van der Waals surface area (Å²) in [6.07, 6.45) is 2.56. The van der Waals surface area contributed by atoms with Gasteiger partial charge in [-0.2, -0.15) is 0 Å². The minimum Gasteiger partial charge on any atom is -0.316 e. The van der Waals surface area contributed by atoms with Crippen molar-refractivity contribution in [3.63, 3.8) is 0 Å². The standard InChI is InChI=1S/C14H19N/c1-10-13-6-11-4-2-3-5-12(11)7-14(10)9-15-8-13/h2-5,10,13-15H,6-9H2,1H3. The van der Waals surface area contributed by atoms with Crippen molar-refractivity contribution in [2.45, 2.75) is 19.8 Å². The van der Waals surface area contributed by atoms with Crippen LogP contribution in [0.15, 0.2) is 24.3 Å². The van der Waals surface area contributed by atoms with E-state index in [-0.39, 0.29) is 0 Å². The molecule has 0 amide bonds. The zero-order chi connectivity index (χ0) is 10.3. The maximum atomic E-state index is 3.59. The summed E-state index contributed by atoms with van der Waals surface area (Å²) in [5.74, 6) is 2.60. The molecule has 0 aromatic heterocycles. The summed E-state index contributed by atoms with van der Waals surface area (Å²) in [5.41, 5.74) is 3.20. The van der Waals surface area contributed by atoms with E-state index in [2.05, 4.69) is 36.5 Å². The fraction of sp³-hybridized carbons (Fsp3) is 0.571. The van der Waals surface area contributed by atoms with Gasteiger partial charge in [0.1, 0.15) is 0 Å². The molecular weight excluding hydrogens is 182 g/mol. The van der Waals surface area contributed by atoms with Crippen LogP contribution in [0.4, 0.5) is 0 Å². The Balaban J connectivity index is 1.99. The molecule has 80 valence electrons. The predicted molar refractivity (Wildman–Crippen MR) is 62.9 cm³/mol. The molecule has 2 bridgehead atoms. The number of nitrogens with one attached hydrogen (secondary N) is 1. The highest BCUT2D eigenvalue weighted by Crippen LogP contribution is 2.34. The summed E-state index contributed by atoms with van der Waals surface area (Å²) in [6, 6.07) is 9.02. The molecule has 1 fully saturated rings. The molecule has 15 heavy (non-hydrogen) atoms. The Morgan fingerprint density at radius 3 is 2.07 bits per heavy atom. The smallest absolute Gasteiger partial charge is 0.00146 e. The number of fused-ring (bicyclic) bond motifs is 3. The molecule has 1 aliphatic carbocycles. The molecule has 1 nitrogen and oxygen atoms in total. The van der Waals surface area contributed by atoms with Crippen molar-refractivity contribution >= 4 is 0 Å². The fourth-order valence-electron chi connectivity index (χ4n) is 3.25. The van der Waals surface area contributed by atoms with E-state index < -0.39 is 0 Å². The fourth-order valence-corrected chi connectivity index (χ4v) is 3.25. The molecular formula is C14H19N. The number of rotatable bonds is 0. The van der Waals surface area contributed by atoms with Crippen molar-refractivity contribution in [2.75, 3.05) is 13.1 Å². The largest absolute Gasteiger partial charge is 0.316 e. The van der Waals surface area contributed by atoms with Gasteiger partial charge in [0.15, 0.2) is 0 Å². The Hall–Kier alpha value is -0.820. The first-order chi connectivity index (χ1) is 7.34. The monoisotopic (exact) mass is 201 g/mol. The number of benzene rings is 1. The average molecular weight is 201 g/mol. The molecule has 2 unspecified atom stereocenters. The lowest BCUT2D eigenvalue weighted by Crippen LogP contribution is -2.42.